The number of nitrogens with one attached hydrogen (secondary N) is 1. The molecule has 0 fully saturated rings. The van der Waals surface area contributed by atoms with E-state index in [1.54, 1.807) is 6.20 Å². The predicted molar refractivity (Wildman–Crippen MR) is 56.4 cm³/mol. The van der Waals surface area contributed by atoms with Gasteiger partial charge < -0.3 is 0 Å². The van der Waals surface area contributed by atoms with Gasteiger partial charge in [0.15, 0.2) is 5.65 Å². The first-order valence-corrected chi connectivity index (χ1v) is 4.79. The zero-order valence-corrected chi connectivity index (χ0v) is 9.50. The van der Waals surface area contributed by atoms with E-state index in [0.717, 1.165) is 19.2 Å². The van der Waals surface area contributed by atoms with E-state index in [1.165, 1.54) is 0 Å². The van der Waals surface area contributed by atoms with Gasteiger partial charge in [-0.25, -0.2) is 4.98 Å². The second-order valence-electron chi connectivity index (χ2n) is 2.06. The van der Waals surface area contributed by atoms with E-state index in [-0.39, 0.29) is 6.15 Å². The van der Waals surface area contributed by atoms with E-state index >= 15 is 0 Å². The number of H-pyrrole nitrogens is 1. The molecule has 6 heteroatoms. The standard InChI is InChI=1S/C6H3BrIN3.N/c7-3-1-4-5(8)10-11-6(4)9-2-3;/h1-2H,(H,9,10,11);. The highest BCUT2D eigenvalue weighted by Gasteiger charge is 2.02. The molecule has 4 nitrogen and oxygen atoms in total. The molecule has 2 aromatic heterocycles. The molecule has 0 atom stereocenters. The fourth-order valence-electron chi connectivity index (χ4n) is 0.848. The Morgan fingerprint density at radius 1 is 1.50 bits per heavy atom. The molecule has 2 rings (SSSR count). The minimum absolute atomic E-state index is 0. The molecule has 61 valence electrons. The van der Waals surface area contributed by atoms with Gasteiger partial charge in [0.05, 0.1) is 5.39 Å². The largest absolute Gasteiger partial charge is 0.260 e. The zero-order valence-electron chi connectivity index (χ0n) is 5.75. The molecule has 2 heterocycles. The third-order valence-corrected chi connectivity index (χ3v) is 2.59. The average molecular weight is 338 g/mol. The van der Waals surface area contributed by atoms with Crippen molar-refractivity contribution in [3.8, 4) is 0 Å². The Balaban J connectivity index is 0.000000720. The number of hydrogen-bond donors (Lipinski definition) is 1. The van der Waals surface area contributed by atoms with Crippen LogP contribution in [0.4, 0.5) is 0 Å². The molecule has 3 radical (unpaired) electrons. The molecule has 0 aliphatic heterocycles. The Morgan fingerprint density at radius 2 is 2.25 bits per heavy atom. The van der Waals surface area contributed by atoms with Crippen molar-refractivity contribution in [1.29, 1.82) is 0 Å². The van der Waals surface area contributed by atoms with Crippen LogP contribution in [0.2, 0.25) is 0 Å². The Hall–Kier alpha value is -0.210. The predicted octanol–water partition coefficient (Wildman–Crippen LogP) is 1.84. The molecule has 0 spiro atoms. The summed E-state index contributed by atoms with van der Waals surface area (Å²) < 4.78 is 1.93. The minimum atomic E-state index is 0. The summed E-state index contributed by atoms with van der Waals surface area (Å²) >= 11 is 5.51. The summed E-state index contributed by atoms with van der Waals surface area (Å²) in [6.07, 6.45) is 1.75. The second-order valence-corrected chi connectivity index (χ2v) is 4.00. The molecule has 0 unspecified atom stereocenters. The van der Waals surface area contributed by atoms with E-state index in [0.29, 0.717) is 0 Å². The van der Waals surface area contributed by atoms with Gasteiger partial charge in [-0.3, -0.25) is 5.10 Å². The van der Waals surface area contributed by atoms with Crippen molar-refractivity contribution in [2.75, 3.05) is 0 Å². The summed E-state index contributed by atoms with van der Waals surface area (Å²) in [5.74, 6) is 0. The molecule has 0 aliphatic carbocycles. The van der Waals surface area contributed by atoms with Crippen LogP contribution in [0.1, 0.15) is 0 Å². The molecule has 0 saturated heterocycles. The third-order valence-electron chi connectivity index (χ3n) is 1.34. The van der Waals surface area contributed by atoms with Crippen molar-refractivity contribution in [3.63, 3.8) is 0 Å². The van der Waals surface area contributed by atoms with Crippen molar-refractivity contribution in [2.45, 2.75) is 0 Å². The highest BCUT2D eigenvalue weighted by Crippen LogP contribution is 2.19. The maximum atomic E-state index is 4.13. The molecular formula is C6H3BrIN4. The molecule has 0 aliphatic rings. The minimum Gasteiger partial charge on any atom is -0.260 e. The summed E-state index contributed by atoms with van der Waals surface area (Å²) in [7, 11) is 0. The molecule has 2 aromatic rings. The van der Waals surface area contributed by atoms with Gasteiger partial charge in [0.1, 0.15) is 3.70 Å². The SMILES string of the molecule is Brc1cnc2[nH]nc(I)c2c1.[N]. The zero-order chi connectivity index (χ0) is 7.84. The number of nitrogens with zero attached hydrogens (tertiary/aromatic N) is 3. The first-order valence-electron chi connectivity index (χ1n) is 2.92. The normalized spacial score (nSPS) is 9.83. The summed E-state index contributed by atoms with van der Waals surface area (Å²) in [4.78, 5) is 4.13. The van der Waals surface area contributed by atoms with Crippen LogP contribution in [0, 0.1) is 3.70 Å². The molecule has 0 aromatic carbocycles. The lowest BCUT2D eigenvalue weighted by Gasteiger charge is -1.88. The topological polar surface area (TPSA) is 72.1 Å². The van der Waals surface area contributed by atoms with E-state index in [9.17, 15) is 0 Å². The molecule has 0 saturated carbocycles. The smallest absolute Gasteiger partial charge is 0.156 e. The van der Waals surface area contributed by atoms with Crippen LogP contribution in [0.25, 0.3) is 11.0 Å². The van der Waals surface area contributed by atoms with Crippen molar-refractivity contribution >= 4 is 49.6 Å². The van der Waals surface area contributed by atoms with Crippen molar-refractivity contribution < 1.29 is 0 Å². The number of fused-ring (bicyclic) bond motifs is 1. The van der Waals surface area contributed by atoms with E-state index in [2.05, 4.69) is 53.7 Å². The Morgan fingerprint density at radius 3 is 3.00 bits per heavy atom. The van der Waals surface area contributed by atoms with Gasteiger partial charge >= 0.3 is 0 Å². The van der Waals surface area contributed by atoms with Gasteiger partial charge in [-0.1, -0.05) is 0 Å². The van der Waals surface area contributed by atoms with E-state index < -0.39 is 0 Å². The van der Waals surface area contributed by atoms with Crippen LogP contribution in [0.15, 0.2) is 16.7 Å². The fourth-order valence-corrected chi connectivity index (χ4v) is 1.71. The summed E-state index contributed by atoms with van der Waals surface area (Å²) in [5.41, 5.74) is 0.831. The highest BCUT2D eigenvalue weighted by atomic mass is 127. The Kier molecular flexibility index (Phi) is 3.02. The van der Waals surface area contributed by atoms with Gasteiger partial charge in [-0.15, -0.1) is 0 Å². The van der Waals surface area contributed by atoms with Crippen LogP contribution < -0.4 is 6.15 Å². The Labute approximate surface area is 91.0 Å². The van der Waals surface area contributed by atoms with E-state index in [1.807, 2.05) is 6.07 Å². The number of aromatic amines is 1. The monoisotopic (exact) mass is 337 g/mol. The maximum Gasteiger partial charge on any atom is 0.156 e. The van der Waals surface area contributed by atoms with E-state index in [4.69, 9.17) is 0 Å². The number of aromatic nitrogens is 3. The lowest BCUT2D eigenvalue weighted by Crippen LogP contribution is -1.75. The van der Waals surface area contributed by atoms with Gasteiger partial charge in [-0.2, -0.15) is 5.10 Å². The van der Waals surface area contributed by atoms with Crippen molar-refractivity contribution in [3.05, 3.63) is 20.4 Å². The van der Waals surface area contributed by atoms with Crippen LogP contribution in [0.5, 0.6) is 0 Å². The molecule has 0 bridgehead atoms. The molecular weight excluding hydrogens is 335 g/mol. The first kappa shape index (κ1) is 9.87. The summed E-state index contributed by atoms with van der Waals surface area (Å²) in [6, 6.07) is 1.99. The lowest BCUT2D eigenvalue weighted by molar-refractivity contribution is 1.08. The molecule has 12 heavy (non-hydrogen) atoms. The number of halogens is 2. The number of hydrogen-bond acceptors (Lipinski definition) is 2. The second kappa shape index (κ2) is 3.67. The molecule has 0 amide bonds. The van der Waals surface area contributed by atoms with Crippen LogP contribution >= 0.6 is 38.5 Å². The van der Waals surface area contributed by atoms with Gasteiger partial charge in [0.2, 0.25) is 0 Å². The van der Waals surface area contributed by atoms with Crippen LogP contribution in [0.3, 0.4) is 0 Å². The molecule has 1 N–H and O–H groups in total. The number of pyridine rings is 1. The first-order chi connectivity index (χ1) is 5.27. The van der Waals surface area contributed by atoms with Gasteiger partial charge in [0.25, 0.3) is 0 Å². The highest BCUT2D eigenvalue weighted by molar-refractivity contribution is 14.1. The average Bonchev–Trinajstić information content (AvgIpc) is 2.33. The van der Waals surface area contributed by atoms with Gasteiger partial charge in [0, 0.05) is 16.8 Å². The van der Waals surface area contributed by atoms with Crippen LogP contribution in [-0.2, 0) is 0 Å². The van der Waals surface area contributed by atoms with Crippen LogP contribution in [-0.4, -0.2) is 15.2 Å². The van der Waals surface area contributed by atoms with Gasteiger partial charge in [-0.05, 0) is 44.6 Å². The van der Waals surface area contributed by atoms with Crippen molar-refractivity contribution in [1.82, 2.24) is 21.3 Å². The quantitative estimate of drug-likeness (QED) is 0.745. The number of rotatable bonds is 0. The summed E-state index contributed by atoms with van der Waals surface area (Å²) in [5, 5.41) is 7.90. The summed E-state index contributed by atoms with van der Waals surface area (Å²) in [6.45, 7) is 0. The lowest BCUT2D eigenvalue weighted by atomic mass is 10.4. The van der Waals surface area contributed by atoms with Crippen molar-refractivity contribution in [2.24, 2.45) is 0 Å². The Bertz CT molecular complexity index is 399. The fraction of sp³-hybridized carbons (Fsp3) is 0. The third kappa shape index (κ3) is 1.59. The maximum absolute atomic E-state index is 4.13.